The third-order valence-corrected chi connectivity index (χ3v) is 9.50. The fourth-order valence-electron chi connectivity index (χ4n) is 6.74. The molecule has 8 rings (SSSR count). The minimum Gasteiger partial charge on any atom is -0.507 e. The summed E-state index contributed by atoms with van der Waals surface area (Å²) in [6.07, 6.45) is 3.67. The molecule has 0 aliphatic rings. The monoisotopic (exact) mass is 906 g/mol. The molecule has 1 radical (unpaired) electrons. The van der Waals surface area contributed by atoms with E-state index in [4.69, 9.17) is 0 Å². The summed E-state index contributed by atoms with van der Waals surface area (Å²) >= 11 is 0. The third kappa shape index (κ3) is 9.26. The van der Waals surface area contributed by atoms with E-state index in [2.05, 4.69) is 109 Å². The quantitative estimate of drug-likeness (QED) is 0.154. The number of aromatic hydroxyl groups is 1. The SMILES string of the molecule is CC(C)c1cc(-c2ccccc2)cc(C(C)C)c1-c1cc(-c2ccccn2)[c-]c(-c2ccccn2)c1.Oc1ccccc1-c1cccc(-c2[c-]cccc2)n1.[Ir]. The number of para-hydroxylation sites is 1. The molecule has 1 N–H and O–H groups in total. The Hall–Kier alpha value is -6.00. The standard InChI is InChI=1S/C34H31N2.C17H12NO.Ir/c1-23(2)30-21-26(25-12-6-5-7-13-25)22-31(24(3)4)34(30)29-19-27(32-14-8-10-16-35-32)18-28(20-29)33-15-9-11-17-36-33;19-17-12-5-4-9-14(17)16-11-6-10-15(18-16)13-7-2-1-3-8-13;/h5-17,19-24H,1-4H3;1-7,9-12,19H;/q2*-1;. The first-order valence-electron chi connectivity index (χ1n) is 18.7. The van der Waals surface area contributed by atoms with E-state index in [1.807, 2.05) is 103 Å². The molecule has 0 fully saturated rings. The molecule has 0 amide bonds. The second-order valence-corrected chi connectivity index (χ2v) is 14.0. The van der Waals surface area contributed by atoms with Crippen LogP contribution < -0.4 is 0 Å². The van der Waals surface area contributed by atoms with Crippen LogP contribution in [0.5, 0.6) is 5.75 Å². The molecule has 8 aromatic rings. The minimum absolute atomic E-state index is 0. The van der Waals surface area contributed by atoms with Crippen LogP contribution in [-0.4, -0.2) is 20.1 Å². The van der Waals surface area contributed by atoms with Crippen LogP contribution in [0.15, 0.2) is 170 Å². The second kappa shape index (κ2) is 18.6. The number of rotatable bonds is 8. The third-order valence-electron chi connectivity index (χ3n) is 9.50. The van der Waals surface area contributed by atoms with Gasteiger partial charge in [0.05, 0.1) is 5.69 Å². The van der Waals surface area contributed by atoms with E-state index in [1.54, 1.807) is 12.1 Å². The van der Waals surface area contributed by atoms with Gasteiger partial charge in [0.2, 0.25) is 0 Å². The number of phenols is 1. The van der Waals surface area contributed by atoms with Crippen LogP contribution >= 0.6 is 0 Å². The van der Waals surface area contributed by atoms with E-state index < -0.39 is 0 Å². The zero-order valence-corrected chi connectivity index (χ0v) is 34.3. The molecule has 0 spiro atoms. The van der Waals surface area contributed by atoms with Crippen LogP contribution in [0.25, 0.3) is 67.3 Å². The van der Waals surface area contributed by atoms with Crippen LogP contribution in [0.4, 0.5) is 0 Å². The summed E-state index contributed by atoms with van der Waals surface area (Å²) in [5.74, 6) is 0.966. The second-order valence-electron chi connectivity index (χ2n) is 14.0. The number of phenolic OH excluding ortho intramolecular Hbond substituents is 1. The summed E-state index contributed by atoms with van der Waals surface area (Å²) < 4.78 is 0. The van der Waals surface area contributed by atoms with Gasteiger partial charge in [-0.3, -0.25) is 15.0 Å². The predicted molar refractivity (Wildman–Crippen MR) is 226 cm³/mol. The van der Waals surface area contributed by atoms with Crippen molar-refractivity contribution in [3.8, 4) is 73.0 Å². The van der Waals surface area contributed by atoms with Crippen LogP contribution in [0.2, 0.25) is 0 Å². The Morgan fingerprint density at radius 2 is 1.04 bits per heavy atom. The molecular formula is C51H43IrN3O-2. The molecule has 279 valence electrons. The van der Waals surface area contributed by atoms with E-state index in [0.29, 0.717) is 11.8 Å². The number of benzene rings is 5. The Balaban J connectivity index is 0.000000224. The number of nitrogens with zero attached hydrogens (tertiary/aromatic N) is 3. The summed E-state index contributed by atoms with van der Waals surface area (Å²) in [4.78, 5) is 13.9. The Morgan fingerprint density at radius 1 is 0.482 bits per heavy atom. The topological polar surface area (TPSA) is 58.9 Å². The molecule has 0 unspecified atom stereocenters. The average Bonchev–Trinajstić information content (AvgIpc) is 3.24. The van der Waals surface area contributed by atoms with Crippen molar-refractivity contribution in [3.63, 3.8) is 0 Å². The smallest absolute Gasteiger partial charge is 0.124 e. The van der Waals surface area contributed by atoms with Gasteiger partial charge in [0.1, 0.15) is 5.75 Å². The summed E-state index contributed by atoms with van der Waals surface area (Å²) in [6, 6.07) is 59.4. The molecule has 0 aliphatic carbocycles. The average molecular weight is 906 g/mol. The van der Waals surface area contributed by atoms with Crippen LogP contribution in [0.3, 0.4) is 0 Å². The molecule has 0 saturated heterocycles. The van der Waals surface area contributed by atoms with Gasteiger partial charge in [-0.2, -0.15) is 0 Å². The Morgan fingerprint density at radius 3 is 1.59 bits per heavy atom. The number of hydrogen-bond acceptors (Lipinski definition) is 4. The molecule has 5 heteroatoms. The normalized spacial score (nSPS) is 10.8. The molecule has 56 heavy (non-hydrogen) atoms. The number of aromatic nitrogens is 3. The van der Waals surface area contributed by atoms with Crippen LogP contribution in [-0.2, 0) is 20.1 Å². The van der Waals surface area contributed by atoms with Gasteiger partial charge in [-0.1, -0.05) is 135 Å². The Kier molecular flexibility index (Phi) is 13.1. The number of hydrogen-bond donors (Lipinski definition) is 1. The van der Waals surface area contributed by atoms with Gasteiger partial charge in [0.25, 0.3) is 0 Å². The first-order valence-corrected chi connectivity index (χ1v) is 18.7. The maximum Gasteiger partial charge on any atom is 0.124 e. The van der Waals surface area contributed by atoms with Gasteiger partial charge in [-0.05, 0) is 75.7 Å². The van der Waals surface area contributed by atoms with Gasteiger partial charge >= 0.3 is 0 Å². The maximum absolute atomic E-state index is 9.88. The van der Waals surface area contributed by atoms with Crippen molar-refractivity contribution in [2.45, 2.75) is 39.5 Å². The molecule has 4 nitrogen and oxygen atoms in total. The van der Waals surface area contributed by atoms with E-state index in [1.165, 1.54) is 33.4 Å². The van der Waals surface area contributed by atoms with Gasteiger partial charge in [0.15, 0.2) is 0 Å². The van der Waals surface area contributed by atoms with Crippen molar-refractivity contribution in [1.82, 2.24) is 15.0 Å². The Labute approximate surface area is 344 Å². The zero-order chi connectivity index (χ0) is 38.1. The number of pyridine rings is 3. The predicted octanol–water partition coefficient (Wildman–Crippen LogP) is 13.1. The van der Waals surface area contributed by atoms with Crippen molar-refractivity contribution in [2.75, 3.05) is 0 Å². The zero-order valence-electron chi connectivity index (χ0n) is 31.9. The van der Waals surface area contributed by atoms with Gasteiger partial charge in [-0.25, -0.2) is 0 Å². The summed E-state index contributed by atoms with van der Waals surface area (Å²) in [5.41, 5.74) is 14.8. The van der Waals surface area contributed by atoms with Gasteiger partial charge in [-0.15, -0.1) is 54.1 Å². The van der Waals surface area contributed by atoms with Crippen molar-refractivity contribution >= 4 is 0 Å². The molecule has 5 aromatic carbocycles. The molecule has 3 aromatic heterocycles. The van der Waals surface area contributed by atoms with Crippen molar-refractivity contribution in [2.24, 2.45) is 0 Å². The van der Waals surface area contributed by atoms with Gasteiger partial charge in [0, 0.05) is 49.5 Å². The summed E-state index contributed by atoms with van der Waals surface area (Å²) in [5, 5.41) is 9.88. The minimum atomic E-state index is 0. The van der Waals surface area contributed by atoms with Crippen molar-refractivity contribution in [3.05, 3.63) is 193 Å². The summed E-state index contributed by atoms with van der Waals surface area (Å²) in [6.45, 7) is 9.14. The first-order chi connectivity index (χ1) is 26.9. The fraction of sp³-hybridized carbons (Fsp3) is 0.118. The molecule has 0 atom stereocenters. The van der Waals surface area contributed by atoms with E-state index in [0.717, 1.165) is 45.0 Å². The van der Waals surface area contributed by atoms with Crippen LogP contribution in [0.1, 0.15) is 50.7 Å². The molecule has 3 heterocycles. The largest absolute Gasteiger partial charge is 0.507 e. The molecule has 0 bridgehead atoms. The van der Waals surface area contributed by atoms with E-state index >= 15 is 0 Å². The Bertz CT molecular complexity index is 2400. The van der Waals surface area contributed by atoms with E-state index in [-0.39, 0.29) is 25.9 Å². The molecule has 0 aliphatic heterocycles. The van der Waals surface area contributed by atoms with Crippen molar-refractivity contribution < 1.29 is 25.2 Å². The van der Waals surface area contributed by atoms with Crippen LogP contribution in [0, 0.1) is 12.1 Å². The van der Waals surface area contributed by atoms with E-state index in [9.17, 15) is 5.11 Å². The molecule has 0 saturated carbocycles. The molecular weight excluding hydrogens is 863 g/mol. The summed E-state index contributed by atoms with van der Waals surface area (Å²) in [7, 11) is 0. The fourth-order valence-corrected chi connectivity index (χ4v) is 6.74. The van der Waals surface area contributed by atoms with Crippen molar-refractivity contribution in [1.29, 1.82) is 0 Å². The first kappa shape index (κ1) is 39.7. The van der Waals surface area contributed by atoms with Gasteiger partial charge < -0.3 is 5.11 Å². The maximum atomic E-state index is 9.88.